The Kier molecular flexibility index (Phi) is 4.75. The molecule has 2 aromatic heterocycles. The van der Waals surface area contributed by atoms with E-state index >= 15 is 0 Å². The van der Waals surface area contributed by atoms with Gasteiger partial charge in [0, 0.05) is 31.6 Å². The molecule has 0 spiro atoms. The zero-order valence-corrected chi connectivity index (χ0v) is 15.5. The molecule has 0 amide bonds. The van der Waals surface area contributed by atoms with Gasteiger partial charge in [-0.15, -0.1) is 0 Å². The first-order valence-corrected chi connectivity index (χ1v) is 8.95. The van der Waals surface area contributed by atoms with E-state index in [0.717, 1.165) is 41.5 Å². The van der Waals surface area contributed by atoms with Crippen LogP contribution in [0.1, 0.15) is 22.6 Å². The van der Waals surface area contributed by atoms with E-state index in [2.05, 4.69) is 57.0 Å². The fourth-order valence-electron chi connectivity index (χ4n) is 3.21. The molecular weight excluding hydrogens is 336 g/mol. The number of aryl methyl sites for hydroxylation is 1. The first-order valence-electron chi connectivity index (χ1n) is 8.95. The molecule has 0 saturated carbocycles. The first kappa shape index (κ1) is 17.1. The summed E-state index contributed by atoms with van der Waals surface area (Å²) in [6, 6.07) is 16.7. The summed E-state index contributed by atoms with van der Waals surface area (Å²) < 4.78 is 9.79. The Morgan fingerprint density at radius 3 is 2.59 bits per heavy atom. The van der Waals surface area contributed by atoms with Gasteiger partial charge in [0.25, 0.3) is 0 Å². The van der Waals surface area contributed by atoms with Crippen molar-refractivity contribution in [3.8, 4) is 11.4 Å². The average molecular weight is 358 g/mol. The summed E-state index contributed by atoms with van der Waals surface area (Å²) in [5, 5.41) is 0. The standard InChI is InChI=1S/C22H22N4O/c1-17-14-26(16-24-17)20-9-8-19(12-21(20)27-2)13-22-23-10-11-25(22)15-18-6-4-3-5-7-18/h3-12,14,16H,13,15H2,1-2H3. The smallest absolute Gasteiger partial charge is 0.143 e. The Hall–Kier alpha value is -3.34. The lowest BCUT2D eigenvalue weighted by molar-refractivity contribution is 0.412. The van der Waals surface area contributed by atoms with Gasteiger partial charge in [0.2, 0.25) is 0 Å². The molecule has 0 aliphatic carbocycles. The van der Waals surface area contributed by atoms with Crippen LogP contribution in [-0.2, 0) is 13.0 Å². The summed E-state index contributed by atoms with van der Waals surface area (Å²) in [4.78, 5) is 8.85. The number of imidazole rings is 2. The number of nitrogens with zero attached hydrogens (tertiary/aromatic N) is 4. The van der Waals surface area contributed by atoms with Crippen molar-refractivity contribution < 1.29 is 4.74 Å². The topological polar surface area (TPSA) is 44.9 Å². The second kappa shape index (κ2) is 7.50. The molecule has 0 aliphatic rings. The molecule has 0 atom stereocenters. The molecule has 2 heterocycles. The summed E-state index contributed by atoms with van der Waals surface area (Å²) in [6.45, 7) is 2.80. The Balaban J connectivity index is 1.58. The monoisotopic (exact) mass is 358 g/mol. The third-order valence-electron chi connectivity index (χ3n) is 4.59. The van der Waals surface area contributed by atoms with Crippen LogP contribution in [0.15, 0.2) is 73.4 Å². The van der Waals surface area contributed by atoms with Gasteiger partial charge in [-0.1, -0.05) is 36.4 Å². The van der Waals surface area contributed by atoms with Gasteiger partial charge in [-0.25, -0.2) is 9.97 Å². The number of hydrogen-bond donors (Lipinski definition) is 0. The van der Waals surface area contributed by atoms with Crippen molar-refractivity contribution in [1.82, 2.24) is 19.1 Å². The van der Waals surface area contributed by atoms with Gasteiger partial charge in [0.15, 0.2) is 0 Å². The van der Waals surface area contributed by atoms with E-state index in [1.165, 1.54) is 5.56 Å². The van der Waals surface area contributed by atoms with E-state index in [-0.39, 0.29) is 0 Å². The summed E-state index contributed by atoms with van der Waals surface area (Å²) in [5.41, 5.74) is 4.38. The number of ether oxygens (including phenoxy) is 1. The molecule has 27 heavy (non-hydrogen) atoms. The van der Waals surface area contributed by atoms with E-state index in [1.807, 2.05) is 36.1 Å². The zero-order chi connectivity index (χ0) is 18.6. The maximum absolute atomic E-state index is 5.62. The Morgan fingerprint density at radius 2 is 1.85 bits per heavy atom. The van der Waals surface area contributed by atoms with Crippen LogP contribution in [0, 0.1) is 6.92 Å². The largest absolute Gasteiger partial charge is 0.495 e. The van der Waals surface area contributed by atoms with Crippen LogP contribution in [0.2, 0.25) is 0 Å². The predicted molar refractivity (Wildman–Crippen MR) is 105 cm³/mol. The molecule has 0 radical (unpaired) electrons. The normalized spacial score (nSPS) is 10.9. The van der Waals surface area contributed by atoms with E-state index < -0.39 is 0 Å². The van der Waals surface area contributed by atoms with Crippen LogP contribution >= 0.6 is 0 Å². The highest BCUT2D eigenvalue weighted by molar-refractivity contribution is 5.49. The fraction of sp³-hybridized carbons (Fsp3) is 0.182. The molecule has 0 bridgehead atoms. The Morgan fingerprint density at radius 1 is 1.00 bits per heavy atom. The second-order valence-electron chi connectivity index (χ2n) is 6.56. The number of benzene rings is 2. The van der Waals surface area contributed by atoms with Crippen molar-refractivity contribution in [3.63, 3.8) is 0 Å². The Labute approximate surface area is 158 Å². The molecule has 0 N–H and O–H groups in total. The van der Waals surface area contributed by atoms with Gasteiger partial charge >= 0.3 is 0 Å². The van der Waals surface area contributed by atoms with E-state index in [1.54, 1.807) is 13.4 Å². The van der Waals surface area contributed by atoms with Crippen LogP contribution < -0.4 is 4.74 Å². The molecule has 0 unspecified atom stereocenters. The summed E-state index contributed by atoms with van der Waals surface area (Å²) in [6.07, 6.45) is 8.43. The van der Waals surface area contributed by atoms with Crippen LogP contribution in [0.3, 0.4) is 0 Å². The quantitative estimate of drug-likeness (QED) is 0.523. The molecule has 5 heteroatoms. The summed E-state index contributed by atoms with van der Waals surface area (Å²) in [5.74, 6) is 1.86. The molecule has 0 fully saturated rings. The first-order chi connectivity index (χ1) is 13.2. The maximum atomic E-state index is 5.62. The lowest BCUT2D eigenvalue weighted by Crippen LogP contribution is -2.05. The van der Waals surface area contributed by atoms with Crippen molar-refractivity contribution in [2.75, 3.05) is 7.11 Å². The highest BCUT2D eigenvalue weighted by Gasteiger charge is 2.10. The van der Waals surface area contributed by atoms with Crippen molar-refractivity contribution >= 4 is 0 Å². The molecule has 2 aromatic carbocycles. The number of rotatable bonds is 6. The molecular formula is C22H22N4O. The molecule has 4 aromatic rings. The van der Waals surface area contributed by atoms with Crippen LogP contribution in [-0.4, -0.2) is 26.2 Å². The average Bonchev–Trinajstić information content (AvgIpc) is 3.31. The number of methoxy groups -OCH3 is 1. The molecule has 136 valence electrons. The van der Waals surface area contributed by atoms with Crippen molar-refractivity contribution in [2.45, 2.75) is 19.9 Å². The predicted octanol–water partition coefficient (Wildman–Crippen LogP) is 4.02. The minimum atomic E-state index is 0.749. The van der Waals surface area contributed by atoms with Crippen LogP contribution in [0.25, 0.3) is 5.69 Å². The van der Waals surface area contributed by atoms with Gasteiger partial charge in [-0.2, -0.15) is 0 Å². The maximum Gasteiger partial charge on any atom is 0.143 e. The molecule has 5 nitrogen and oxygen atoms in total. The number of hydrogen-bond acceptors (Lipinski definition) is 3. The zero-order valence-electron chi connectivity index (χ0n) is 15.5. The fourth-order valence-corrected chi connectivity index (χ4v) is 3.21. The minimum absolute atomic E-state index is 0.749. The second-order valence-corrected chi connectivity index (χ2v) is 6.56. The highest BCUT2D eigenvalue weighted by Crippen LogP contribution is 2.25. The van der Waals surface area contributed by atoms with Crippen molar-refractivity contribution in [1.29, 1.82) is 0 Å². The summed E-state index contributed by atoms with van der Waals surface area (Å²) in [7, 11) is 1.70. The molecule has 4 rings (SSSR count). The van der Waals surface area contributed by atoms with Crippen molar-refractivity contribution in [2.24, 2.45) is 0 Å². The Bertz CT molecular complexity index is 1030. The lowest BCUT2D eigenvalue weighted by atomic mass is 10.1. The van der Waals surface area contributed by atoms with Crippen molar-refractivity contribution in [3.05, 3.63) is 96.1 Å². The van der Waals surface area contributed by atoms with E-state index in [0.29, 0.717) is 0 Å². The van der Waals surface area contributed by atoms with E-state index in [9.17, 15) is 0 Å². The number of aromatic nitrogens is 4. The SMILES string of the molecule is COc1cc(Cc2nccn2Cc2ccccc2)ccc1-n1cnc(C)c1. The third-order valence-corrected chi connectivity index (χ3v) is 4.59. The molecule has 0 saturated heterocycles. The third kappa shape index (κ3) is 3.77. The van der Waals surface area contributed by atoms with E-state index in [4.69, 9.17) is 4.74 Å². The minimum Gasteiger partial charge on any atom is -0.495 e. The lowest BCUT2D eigenvalue weighted by Gasteiger charge is -2.12. The van der Waals surface area contributed by atoms with Gasteiger partial charge < -0.3 is 13.9 Å². The van der Waals surface area contributed by atoms with Gasteiger partial charge in [-0.3, -0.25) is 0 Å². The summed E-state index contributed by atoms with van der Waals surface area (Å²) >= 11 is 0. The highest BCUT2D eigenvalue weighted by atomic mass is 16.5. The molecule has 0 aliphatic heterocycles. The van der Waals surface area contributed by atoms with Crippen LogP contribution in [0.5, 0.6) is 5.75 Å². The van der Waals surface area contributed by atoms with Gasteiger partial charge in [0.05, 0.1) is 24.8 Å². The van der Waals surface area contributed by atoms with Gasteiger partial charge in [-0.05, 0) is 30.2 Å². The van der Waals surface area contributed by atoms with Gasteiger partial charge in [0.1, 0.15) is 11.6 Å². The van der Waals surface area contributed by atoms with Crippen LogP contribution in [0.4, 0.5) is 0 Å².